The Balaban J connectivity index is 2.78. The molecule has 2 unspecified atom stereocenters. The van der Waals surface area contributed by atoms with Gasteiger partial charge in [-0.3, -0.25) is 4.79 Å². The van der Waals surface area contributed by atoms with Crippen LogP contribution < -0.4 is 5.32 Å². The van der Waals surface area contributed by atoms with Gasteiger partial charge >= 0.3 is 5.97 Å². The second kappa shape index (κ2) is 9.13. The Bertz CT molecular complexity index is 447. The Morgan fingerprint density at radius 1 is 1.24 bits per heavy atom. The molecule has 0 radical (unpaired) electrons. The molecule has 2 atom stereocenters. The highest BCUT2D eigenvalue weighted by molar-refractivity contribution is 5.87. The molecule has 0 spiro atoms. The fourth-order valence-corrected chi connectivity index (χ4v) is 2.03. The molecule has 0 aliphatic carbocycles. The van der Waals surface area contributed by atoms with Crippen molar-refractivity contribution in [2.75, 3.05) is 6.61 Å². The minimum absolute atomic E-state index is 0.375. The Morgan fingerprint density at radius 3 is 2.43 bits per heavy atom. The maximum atomic E-state index is 12.3. The molecule has 0 heterocycles. The van der Waals surface area contributed by atoms with Gasteiger partial charge in [0.25, 0.3) is 5.91 Å². The molecule has 1 amide bonds. The minimum Gasteiger partial charge on any atom is -0.480 e. The fraction of sp³-hybridized carbons (Fsp3) is 0.500. The number of rotatable bonds is 9. The van der Waals surface area contributed by atoms with Crippen molar-refractivity contribution in [1.29, 1.82) is 0 Å². The number of carbonyl (C=O) groups excluding carboxylic acids is 1. The van der Waals surface area contributed by atoms with Gasteiger partial charge in [0.15, 0.2) is 6.10 Å². The number of hydrogen-bond acceptors (Lipinski definition) is 3. The molecule has 0 saturated carbocycles. The van der Waals surface area contributed by atoms with E-state index >= 15 is 0 Å². The summed E-state index contributed by atoms with van der Waals surface area (Å²) in [4.78, 5) is 23.5. The number of amides is 1. The molecule has 0 aliphatic rings. The van der Waals surface area contributed by atoms with Gasteiger partial charge in [-0.2, -0.15) is 0 Å². The van der Waals surface area contributed by atoms with Gasteiger partial charge in [0.05, 0.1) is 0 Å². The number of hydrogen-bond donors (Lipinski definition) is 2. The molecule has 1 aromatic carbocycles. The molecule has 21 heavy (non-hydrogen) atoms. The van der Waals surface area contributed by atoms with Gasteiger partial charge in [-0.1, -0.05) is 50.1 Å². The van der Waals surface area contributed by atoms with Crippen molar-refractivity contribution < 1.29 is 19.4 Å². The highest BCUT2D eigenvalue weighted by Crippen LogP contribution is 2.18. The van der Waals surface area contributed by atoms with Gasteiger partial charge in [0.2, 0.25) is 0 Å². The van der Waals surface area contributed by atoms with Gasteiger partial charge in [0, 0.05) is 6.61 Å². The molecule has 1 aromatic rings. The quantitative estimate of drug-likeness (QED) is 0.733. The monoisotopic (exact) mass is 293 g/mol. The number of benzene rings is 1. The van der Waals surface area contributed by atoms with Gasteiger partial charge in [0.1, 0.15) is 6.04 Å². The van der Waals surface area contributed by atoms with Gasteiger partial charge in [-0.15, -0.1) is 0 Å². The van der Waals surface area contributed by atoms with Crippen molar-refractivity contribution >= 4 is 11.9 Å². The summed E-state index contributed by atoms with van der Waals surface area (Å²) in [6.45, 7) is 4.16. The Hall–Kier alpha value is -1.88. The van der Waals surface area contributed by atoms with Crippen LogP contribution in [0.4, 0.5) is 0 Å². The van der Waals surface area contributed by atoms with Crippen LogP contribution in [0, 0.1) is 0 Å². The molecule has 1 rings (SSSR count). The average molecular weight is 293 g/mol. The van der Waals surface area contributed by atoms with E-state index in [1.165, 1.54) is 0 Å². The summed E-state index contributed by atoms with van der Waals surface area (Å²) in [7, 11) is 0. The van der Waals surface area contributed by atoms with Crippen molar-refractivity contribution in [3.8, 4) is 0 Å². The number of ether oxygens (including phenoxy) is 1. The minimum atomic E-state index is -1.01. The van der Waals surface area contributed by atoms with Crippen LogP contribution in [0.3, 0.4) is 0 Å². The van der Waals surface area contributed by atoms with Crippen LogP contribution >= 0.6 is 0 Å². The van der Waals surface area contributed by atoms with Crippen LogP contribution in [0.5, 0.6) is 0 Å². The first kappa shape index (κ1) is 17.2. The first-order valence-electron chi connectivity index (χ1n) is 7.29. The highest BCUT2D eigenvalue weighted by atomic mass is 16.5. The van der Waals surface area contributed by atoms with E-state index in [-0.39, 0.29) is 0 Å². The molecular formula is C16H23NO4. The number of unbranched alkanes of at least 4 members (excludes halogenated alkanes) is 1. The van der Waals surface area contributed by atoms with E-state index in [0.717, 1.165) is 18.4 Å². The van der Waals surface area contributed by atoms with E-state index in [2.05, 4.69) is 5.32 Å². The highest BCUT2D eigenvalue weighted by Gasteiger charge is 2.26. The maximum Gasteiger partial charge on any atom is 0.326 e. The Labute approximate surface area is 125 Å². The molecule has 0 saturated heterocycles. The molecule has 0 aliphatic heterocycles. The number of nitrogens with one attached hydrogen (secondary N) is 1. The summed E-state index contributed by atoms with van der Waals surface area (Å²) in [5, 5.41) is 11.7. The van der Waals surface area contributed by atoms with Crippen LogP contribution in [0.2, 0.25) is 0 Å². The molecule has 0 fully saturated rings. The SMILES string of the molecule is CCCCC(NC(=O)C(OCC)c1ccccc1)C(=O)O. The Kier molecular flexibility index (Phi) is 7.46. The fourth-order valence-electron chi connectivity index (χ4n) is 2.03. The zero-order chi connectivity index (χ0) is 15.7. The largest absolute Gasteiger partial charge is 0.480 e. The topological polar surface area (TPSA) is 75.6 Å². The second-order valence-corrected chi connectivity index (χ2v) is 4.79. The lowest BCUT2D eigenvalue weighted by Gasteiger charge is -2.20. The van der Waals surface area contributed by atoms with E-state index in [9.17, 15) is 14.7 Å². The predicted molar refractivity (Wildman–Crippen MR) is 79.9 cm³/mol. The van der Waals surface area contributed by atoms with Crippen molar-refractivity contribution in [2.45, 2.75) is 45.3 Å². The number of carboxylic acids is 1. The van der Waals surface area contributed by atoms with E-state index in [0.29, 0.717) is 13.0 Å². The summed E-state index contributed by atoms with van der Waals surface area (Å²) in [6.07, 6.45) is 1.28. The molecule has 0 bridgehead atoms. The van der Waals surface area contributed by atoms with E-state index < -0.39 is 24.0 Å². The molecule has 5 heteroatoms. The zero-order valence-corrected chi connectivity index (χ0v) is 12.5. The lowest BCUT2D eigenvalue weighted by Crippen LogP contribution is -2.43. The summed E-state index contributed by atoms with van der Waals surface area (Å²) < 4.78 is 5.47. The summed E-state index contributed by atoms with van der Waals surface area (Å²) in [6, 6.07) is 8.21. The number of carboxylic acid groups (broad SMARTS) is 1. The van der Waals surface area contributed by atoms with Crippen molar-refractivity contribution in [2.24, 2.45) is 0 Å². The third-order valence-electron chi connectivity index (χ3n) is 3.13. The lowest BCUT2D eigenvalue weighted by atomic mass is 10.1. The number of aliphatic carboxylic acids is 1. The zero-order valence-electron chi connectivity index (χ0n) is 12.5. The molecule has 0 aromatic heterocycles. The van der Waals surface area contributed by atoms with Gasteiger partial charge < -0.3 is 15.2 Å². The smallest absolute Gasteiger partial charge is 0.326 e. The average Bonchev–Trinajstić information content (AvgIpc) is 2.49. The predicted octanol–water partition coefficient (Wildman–Crippen LogP) is 2.52. The van der Waals surface area contributed by atoms with Crippen molar-refractivity contribution in [1.82, 2.24) is 5.32 Å². The summed E-state index contributed by atoms with van der Waals surface area (Å²) in [5.74, 6) is -1.42. The molecule has 116 valence electrons. The number of carbonyl (C=O) groups is 2. The third-order valence-corrected chi connectivity index (χ3v) is 3.13. The Morgan fingerprint density at radius 2 is 1.90 bits per heavy atom. The second-order valence-electron chi connectivity index (χ2n) is 4.79. The van der Waals surface area contributed by atoms with Crippen LogP contribution in [-0.4, -0.2) is 29.6 Å². The van der Waals surface area contributed by atoms with E-state index in [1.54, 1.807) is 19.1 Å². The summed E-state index contributed by atoms with van der Waals surface area (Å²) >= 11 is 0. The standard InChI is InChI=1S/C16H23NO4/c1-3-5-11-13(16(19)20)17-15(18)14(21-4-2)12-9-7-6-8-10-12/h6-10,13-14H,3-5,11H2,1-2H3,(H,17,18)(H,19,20). The first-order chi connectivity index (χ1) is 10.1. The summed E-state index contributed by atoms with van der Waals surface area (Å²) in [5.41, 5.74) is 0.719. The van der Waals surface area contributed by atoms with Gasteiger partial charge in [-0.25, -0.2) is 4.79 Å². The molecular weight excluding hydrogens is 270 g/mol. The molecule has 5 nitrogen and oxygen atoms in total. The lowest BCUT2D eigenvalue weighted by molar-refractivity contribution is -0.144. The maximum absolute atomic E-state index is 12.3. The molecule has 2 N–H and O–H groups in total. The first-order valence-corrected chi connectivity index (χ1v) is 7.29. The third kappa shape index (κ3) is 5.55. The van der Waals surface area contributed by atoms with Crippen molar-refractivity contribution in [3.05, 3.63) is 35.9 Å². The van der Waals surface area contributed by atoms with E-state index in [1.807, 2.05) is 25.1 Å². The van der Waals surface area contributed by atoms with Crippen LogP contribution in [0.15, 0.2) is 30.3 Å². The van der Waals surface area contributed by atoms with Crippen LogP contribution in [0.1, 0.15) is 44.8 Å². The van der Waals surface area contributed by atoms with Crippen LogP contribution in [0.25, 0.3) is 0 Å². The van der Waals surface area contributed by atoms with Crippen molar-refractivity contribution in [3.63, 3.8) is 0 Å². The van der Waals surface area contributed by atoms with Crippen LogP contribution in [-0.2, 0) is 14.3 Å². The normalized spacial score (nSPS) is 13.4. The van der Waals surface area contributed by atoms with E-state index in [4.69, 9.17) is 4.74 Å². The van der Waals surface area contributed by atoms with Gasteiger partial charge in [-0.05, 0) is 18.9 Å².